The molecule has 1 heterocycles. The first-order valence-corrected chi connectivity index (χ1v) is 10.4. The Balaban J connectivity index is 0.00000841. The van der Waals surface area contributed by atoms with Crippen molar-refractivity contribution >= 4 is 53.3 Å². The Morgan fingerprint density at radius 3 is 2.50 bits per heavy atom. The summed E-state index contributed by atoms with van der Waals surface area (Å²) < 4.78 is 10.4. The quantitative estimate of drug-likeness (QED) is 0.230. The lowest BCUT2D eigenvalue weighted by molar-refractivity contribution is 0.0301. The average Bonchev–Trinajstić information content (AvgIpc) is 3.01. The summed E-state index contributed by atoms with van der Waals surface area (Å²) >= 11 is 1.31. The lowest BCUT2D eigenvalue weighted by Crippen LogP contribution is -2.43. The molecule has 0 aliphatic rings. The van der Waals surface area contributed by atoms with Crippen molar-refractivity contribution in [1.82, 2.24) is 20.5 Å². The van der Waals surface area contributed by atoms with E-state index in [0.29, 0.717) is 36.2 Å². The van der Waals surface area contributed by atoms with Crippen molar-refractivity contribution in [2.24, 2.45) is 4.99 Å². The summed E-state index contributed by atoms with van der Waals surface area (Å²) in [5, 5.41) is 7.16. The monoisotopic (exact) mass is 555 g/mol. The predicted molar refractivity (Wildman–Crippen MR) is 130 cm³/mol. The third-order valence-corrected chi connectivity index (χ3v) is 4.99. The van der Waals surface area contributed by atoms with Crippen LogP contribution in [0.2, 0.25) is 0 Å². The summed E-state index contributed by atoms with van der Waals surface area (Å²) in [6.45, 7) is 12.3. The second-order valence-electron chi connectivity index (χ2n) is 7.45. The molecule has 172 valence electrons. The molecule has 0 fully saturated rings. The van der Waals surface area contributed by atoms with Gasteiger partial charge in [-0.15, -0.1) is 35.3 Å². The first-order valence-electron chi connectivity index (χ1n) is 9.54. The molecule has 0 aromatic carbocycles. The number of amides is 1. The number of ether oxygens (including phenoxy) is 2. The van der Waals surface area contributed by atoms with Crippen molar-refractivity contribution in [2.45, 2.75) is 53.2 Å². The van der Waals surface area contributed by atoms with Gasteiger partial charge in [0.25, 0.3) is 0 Å². The van der Waals surface area contributed by atoms with Gasteiger partial charge in [0.15, 0.2) is 5.96 Å². The number of aromatic nitrogens is 1. The highest BCUT2D eigenvalue weighted by Crippen LogP contribution is 2.24. The molecule has 0 saturated carbocycles. The van der Waals surface area contributed by atoms with Crippen molar-refractivity contribution in [3.05, 3.63) is 15.6 Å². The largest absolute Gasteiger partial charge is 0.462 e. The van der Waals surface area contributed by atoms with Crippen LogP contribution in [0.3, 0.4) is 0 Å². The van der Waals surface area contributed by atoms with Crippen LogP contribution in [0.15, 0.2) is 4.99 Å². The number of carbonyl (C=O) groups excluding carboxylic acids is 2. The molecule has 30 heavy (non-hydrogen) atoms. The van der Waals surface area contributed by atoms with E-state index in [-0.39, 0.29) is 42.1 Å². The van der Waals surface area contributed by atoms with E-state index in [0.717, 1.165) is 5.01 Å². The number of likely N-dealkylation sites (N-methyl/N-ethyl adjacent to an activating group) is 1. The highest BCUT2D eigenvalue weighted by molar-refractivity contribution is 14.0. The van der Waals surface area contributed by atoms with Crippen LogP contribution in [0.4, 0.5) is 4.79 Å². The smallest absolute Gasteiger partial charge is 0.410 e. The molecule has 0 bridgehead atoms. The molecule has 9 nitrogen and oxygen atoms in total. The standard InChI is InChI=1S/C19H33N5O4S.HI/c1-9-27-16(25)14-12(2)22-15(29-14)13(3)23-17(20-7)21-10-11-24(8)18(26)28-19(4,5)6;/h13H,9-11H2,1-8H3,(H2,20,21,23);1H. The number of esters is 1. The number of aryl methyl sites for hydroxylation is 1. The van der Waals surface area contributed by atoms with Crippen LogP contribution in [0.25, 0.3) is 0 Å². The Bertz CT molecular complexity index is 733. The van der Waals surface area contributed by atoms with Crippen molar-refractivity contribution in [3.8, 4) is 0 Å². The molecule has 1 atom stereocenters. The van der Waals surface area contributed by atoms with E-state index >= 15 is 0 Å². The fourth-order valence-corrected chi connectivity index (χ4v) is 3.19. The summed E-state index contributed by atoms with van der Waals surface area (Å²) in [6.07, 6.45) is -0.375. The lowest BCUT2D eigenvalue weighted by Gasteiger charge is -2.25. The van der Waals surface area contributed by atoms with Gasteiger partial charge in [-0.1, -0.05) is 0 Å². The van der Waals surface area contributed by atoms with Gasteiger partial charge >= 0.3 is 12.1 Å². The number of halogens is 1. The molecule has 1 amide bonds. The summed E-state index contributed by atoms with van der Waals surface area (Å²) in [5.74, 6) is 0.217. The number of thiazole rings is 1. The Morgan fingerprint density at radius 1 is 1.33 bits per heavy atom. The minimum atomic E-state index is -0.528. The predicted octanol–water partition coefficient (Wildman–Crippen LogP) is 3.34. The molecule has 11 heteroatoms. The molecular formula is C19H34IN5O4S. The van der Waals surface area contributed by atoms with Gasteiger partial charge in [-0.25, -0.2) is 14.6 Å². The average molecular weight is 555 g/mol. The molecule has 0 aliphatic carbocycles. The molecule has 0 radical (unpaired) electrons. The molecule has 1 aromatic heterocycles. The maximum Gasteiger partial charge on any atom is 0.410 e. The number of guanidine groups is 1. The molecule has 1 aromatic rings. The molecule has 1 unspecified atom stereocenters. The maximum atomic E-state index is 12.0. The third-order valence-electron chi connectivity index (χ3n) is 3.67. The fourth-order valence-electron chi connectivity index (χ4n) is 2.22. The third kappa shape index (κ3) is 9.45. The highest BCUT2D eigenvalue weighted by Gasteiger charge is 2.21. The fraction of sp³-hybridized carbons (Fsp3) is 0.684. The zero-order chi connectivity index (χ0) is 22.2. The summed E-state index contributed by atoms with van der Waals surface area (Å²) in [5.41, 5.74) is 0.124. The van der Waals surface area contributed by atoms with Crippen molar-refractivity contribution in [2.75, 3.05) is 33.8 Å². The van der Waals surface area contributed by atoms with E-state index < -0.39 is 5.60 Å². The Labute approximate surface area is 200 Å². The summed E-state index contributed by atoms with van der Waals surface area (Å²) in [4.78, 5) is 34.6. The molecule has 0 spiro atoms. The van der Waals surface area contributed by atoms with Crippen molar-refractivity contribution in [3.63, 3.8) is 0 Å². The Morgan fingerprint density at radius 2 is 1.97 bits per heavy atom. The molecular weight excluding hydrogens is 521 g/mol. The van der Waals surface area contributed by atoms with E-state index in [1.165, 1.54) is 16.2 Å². The number of hydrogen-bond acceptors (Lipinski definition) is 7. The second kappa shape index (κ2) is 12.9. The van der Waals surface area contributed by atoms with Crippen LogP contribution in [0, 0.1) is 6.92 Å². The number of hydrogen-bond donors (Lipinski definition) is 2. The van der Waals surface area contributed by atoms with Crippen LogP contribution in [-0.2, 0) is 9.47 Å². The van der Waals surface area contributed by atoms with E-state index in [4.69, 9.17) is 9.47 Å². The number of carbonyl (C=O) groups is 2. The highest BCUT2D eigenvalue weighted by atomic mass is 127. The van der Waals surface area contributed by atoms with Gasteiger partial charge in [-0.05, 0) is 41.5 Å². The molecule has 0 saturated heterocycles. The van der Waals surface area contributed by atoms with E-state index in [1.54, 1.807) is 27.9 Å². The zero-order valence-electron chi connectivity index (χ0n) is 19.0. The number of nitrogens with zero attached hydrogens (tertiary/aromatic N) is 3. The number of aliphatic imine (C=N–C) groups is 1. The van der Waals surface area contributed by atoms with Gasteiger partial charge in [0.05, 0.1) is 18.3 Å². The van der Waals surface area contributed by atoms with Gasteiger partial charge in [0.2, 0.25) is 0 Å². The minimum absolute atomic E-state index is 0. The number of nitrogens with one attached hydrogen (secondary N) is 2. The van der Waals surface area contributed by atoms with Gasteiger partial charge in [0, 0.05) is 27.2 Å². The zero-order valence-corrected chi connectivity index (χ0v) is 22.1. The van der Waals surface area contributed by atoms with Gasteiger partial charge in [0.1, 0.15) is 15.5 Å². The second-order valence-corrected chi connectivity index (χ2v) is 8.48. The summed E-state index contributed by atoms with van der Waals surface area (Å²) in [7, 11) is 3.35. The Kier molecular flexibility index (Phi) is 12.2. The van der Waals surface area contributed by atoms with E-state index in [9.17, 15) is 9.59 Å². The maximum absolute atomic E-state index is 12.0. The van der Waals surface area contributed by atoms with Gasteiger partial charge < -0.3 is 25.0 Å². The van der Waals surface area contributed by atoms with E-state index in [1.807, 2.05) is 27.7 Å². The van der Waals surface area contributed by atoms with Gasteiger partial charge in [-0.2, -0.15) is 0 Å². The van der Waals surface area contributed by atoms with Crippen LogP contribution < -0.4 is 10.6 Å². The molecule has 1 rings (SSSR count). The van der Waals surface area contributed by atoms with Gasteiger partial charge in [-0.3, -0.25) is 4.99 Å². The topological polar surface area (TPSA) is 105 Å². The van der Waals surface area contributed by atoms with Crippen molar-refractivity contribution in [1.29, 1.82) is 0 Å². The minimum Gasteiger partial charge on any atom is -0.462 e. The summed E-state index contributed by atoms with van der Waals surface area (Å²) in [6, 6.07) is -0.156. The van der Waals surface area contributed by atoms with Crippen LogP contribution in [-0.4, -0.2) is 67.3 Å². The normalized spacial score (nSPS) is 12.5. The lowest BCUT2D eigenvalue weighted by atomic mass is 10.2. The van der Waals surface area contributed by atoms with Crippen molar-refractivity contribution < 1.29 is 19.1 Å². The Hall–Kier alpha value is -1.63. The molecule has 2 N–H and O–H groups in total. The van der Waals surface area contributed by atoms with Crippen LogP contribution in [0.5, 0.6) is 0 Å². The molecule has 0 aliphatic heterocycles. The SMILES string of the molecule is CCOC(=O)c1sc(C(C)NC(=NC)NCCN(C)C(=O)OC(C)(C)C)nc1C.I. The van der Waals surface area contributed by atoms with Crippen LogP contribution in [0.1, 0.15) is 61.0 Å². The number of rotatable bonds is 7. The van der Waals surface area contributed by atoms with E-state index in [2.05, 4.69) is 20.6 Å². The van der Waals surface area contributed by atoms with Crippen LogP contribution >= 0.6 is 35.3 Å². The first kappa shape index (κ1) is 28.4. The first-order chi connectivity index (χ1) is 13.5.